The molecule has 1 rings (SSSR count). The van der Waals surface area contributed by atoms with Gasteiger partial charge >= 0.3 is 179 Å². The molecule has 0 amide bonds. The third-order valence-corrected chi connectivity index (χ3v) is 11.1. The van der Waals surface area contributed by atoms with Crippen LogP contribution in [0.2, 0.25) is 0 Å². The molecule has 146 valence electrons. The zero-order chi connectivity index (χ0) is 19.7. The molecule has 0 bridgehead atoms. The second-order valence-corrected chi connectivity index (χ2v) is 20.4. The maximum atomic E-state index is 13.0. The van der Waals surface area contributed by atoms with Crippen LogP contribution in [0.5, 0.6) is 0 Å². The zero-order valence-corrected chi connectivity index (χ0v) is 19.7. The molecule has 25 heavy (non-hydrogen) atoms. The first-order valence-electron chi connectivity index (χ1n) is 7.03. The molecule has 4 unspecified atom stereocenters. The van der Waals surface area contributed by atoms with Crippen molar-refractivity contribution < 1.29 is 22.7 Å². The number of rotatable bonds is 8. The van der Waals surface area contributed by atoms with Gasteiger partial charge in [0.25, 0.3) is 0 Å². The van der Waals surface area contributed by atoms with E-state index in [0.717, 1.165) is 0 Å². The summed E-state index contributed by atoms with van der Waals surface area (Å²) in [7, 11) is 1.23. The number of phosphoric ester groups is 1. The van der Waals surface area contributed by atoms with Crippen LogP contribution in [0.15, 0.2) is 12.3 Å². The van der Waals surface area contributed by atoms with E-state index in [9.17, 15) is 4.57 Å². The number of ether oxygens (including phenoxy) is 1. The van der Waals surface area contributed by atoms with E-state index < -0.39 is 35.2 Å². The fourth-order valence-electron chi connectivity index (χ4n) is 1.92. The molecule has 5 nitrogen and oxygen atoms in total. The van der Waals surface area contributed by atoms with Crippen LogP contribution >= 0.6 is 81.2 Å². The summed E-state index contributed by atoms with van der Waals surface area (Å²) in [5.41, 5.74) is 0. The van der Waals surface area contributed by atoms with Gasteiger partial charge < -0.3 is 0 Å². The van der Waals surface area contributed by atoms with E-state index in [4.69, 9.17) is 94.5 Å². The molecule has 1 fully saturated rings. The fourth-order valence-corrected chi connectivity index (χ4v) is 7.40. The monoisotopic (exact) mass is 512 g/mol. The van der Waals surface area contributed by atoms with Crippen LogP contribution < -0.4 is 0 Å². The summed E-state index contributed by atoms with van der Waals surface area (Å²) in [6.45, 7) is 6.45. The second kappa shape index (κ2) is 8.72. The Morgan fingerprint density at radius 3 is 2.36 bits per heavy atom. The van der Waals surface area contributed by atoms with Crippen LogP contribution in [0.1, 0.15) is 20.3 Å². The molecule has 14 heteroatoms. The number of phosphoric acid groups is 1. The van der Waals surface area contributed by atoms with E-state index in [0.29, 0.717) is 6.42 Å². The molecule has 0 saturated carbocycles. The molecule has 0 aromatic carbocycles. The van der Waals surface area contributed by atoms with Gasteiger partial charge in [-0.15, -0.1) is 0 Å². The summed E-state index contributed by atoms with van der Waals surface area (Å²) < 4.78 is 32.0. The summed E-state index contributed by atoms with van der Waals surface area (Å²) in [5.74, 6) is -0.102. The van der Waals surface area contributed by atoms with Crippen molar-refractivity contribution in [1.82, 2.24) is 0 Å². The fraction of sp³-hybridized carbons (Fsp3) is 0.818. The van der Waals surface area contributed by atoms with Gasteiger partial charge in [-0.3, -0.25) is 0 Å². The van der Waals surface area contributed by atoms with Gasteiger partial charge in [-0.05, 0) is 0 Å². The van der Waals surface area contributed by atoms with E-state index in [1.54, 1.807) is 6.92 Å². The Balaban J connectivity index is 2.98. The van der Waals surface area contributed by atoms with Crippen LogP contribution in [-0.4, -0.2) is 36.5 Å². The minimum absolute atomic E-state index is 0.0472. The Hall–Kier alpha value is 1.88. The standard InChI is InChI=1S/C11H17BCl6O5P2/c1-4-25(16,17,18)23-24(19,20-6-11(13,14)15)22-8(3)10-7(2)5-9(12)21-10/h7,9-10H,3-6H2,1-2H3. The van der Waals surface area contributed by atoms with Gasteiger partial charge in [-0.2, -0.15) is 0 Å². The molecule has 1 aliphatic rings. The first-order valence-corrected chi connectivity index (χ1v) is 14.7. The minimum atomic E-state index is -4.49. The van der Waals surface area contributed by atoms with Crippen LogP contribution in [0, 0.1) is 5.92 Å². The molecule has 1 aliphatic heterocycles. The molecule has 0 aromatic heterocycles. The summed E-state index contributed by atoms with van der Waals surface area (Å²) in [6.07, 6.45) is -0.131. The summed E-state index contributed by atoms with van der Waals surface area (Å²) in [6, 6.07) is -0.508. The van der Waals surface area contributed by atoms with Crippen molar-refractivity contribution in [3.63, 3.8) is 0 Å². The van der Waals surface area contributed by atoms with E-state index in [-0.39, 0.29) is 17.8 Å². The predicted octanol–water partition coefficient (Wildman–Crippen LogP) is 6.90. The van der Waals surface area contributed by atoms with Gasteiger partial charge in [0.15, 0.2) is 0 Å². The number of hydrogen-bond donors (Lipinski definition) is 0. The summed E-state index contributed by atoms with van der Waals surface area (Å²) in [4.78, 5) is -4.35. The Morgan fingerprint density at radius 2 is 1.96 bits per heavy atom. The van der Waals surface area contributed by atoms with Crippen molar-refractivity contribution in [2.45, 2.75) is 36.2 Å². The van der Waals surface area contributed by atoms with Gasteiger partial charge in [0, 0.05) is 0 Å². The zero-order valence-electron chi connectivity index (χ0n) is 13.3. The quantitative estimate of drug-likeness (QED) is 0.153. The third-order valence-electron chi connectivity index (χ3n) is 3.11. The van der Waals surface area contributed by atoms with E-state index in [1.165, 1.54) is 0 Å². The van der Waals surface area contributed by atoms with Crippen LogP contribution in [0.25, 0.3) is 0 Å². The van der Waals surface area contributed by atoms with Gasteiger partial charge in [0.05, 0.1) is 0 Å². The van der Waals surface area contributed by atoms with Crippen LogP contribution in [0.3, 0.4) is 0 Å². The van der Waals surface area contributed by atoms with E-state index in [1.807, 2.05) is 6.92 Å². The summed E-state index contributed by atoms with van der Waals surface area (Å²) >= 11 is 34.9. The van der Waals surface area contributed by atoms with Crippen molar-refractivity contribution in [2.75, 3.05) is 12.8 Å². The number of hydrogen-bond acceptors (Lipinski definition) is 5. The number of halogens is 6. The first-order chi connectivity index (χ1) is 11.0. The van der Waals surface area contributed by atoms with Gasteiger partial charge in [0.2, 0.25) is 0 Å². The maximum absolute atomic E-state index is 13.0. The van der Waals surface area contributed by atoms with Crippen LogP contribution in [0.4, 0.5) is 0 Å². The molecular formula is C11H17BCl6O5P2. The Kier molecular flexibility index (Phi) is 8.69. The molecule has 0 N–H and O–H groups in total. The molecule has 0 spiro atoms. The van der Waals surface area contributed by atoms with Crippen molar-refractivity contribution in [3.8, 4) is 0 Å². The molecule has 4 atom stereocenters. The third kappa shape index (κ3) is 8.83. The van der Waals surface area contributed by atoms with E-state index in [2.05, 4.69) is 6.58 Å². The van der Waals surface area contributed by atoms with E-state index >= 15 is 0 Å². The van der Waals surface area contributed by atoms with Crippen molar-refractivity contribution in [1.29, 1.82) is 0 Å². The van der Waals surface area contributed by atoms with Gasteiger partial charge in [-0.25, -0.2) is 0 Å². The molecule has 1 heterocycles. The summed E-state index contributed by atoms with van der Waals surface area (Å²) in [5, 5.41) is 0. The normalized spacial score (nSPS) is 28.8. The van der Waals surface area contributed by atoms with Crippen molar-refractivity contribution in [2.24, 2.45) is 5.92 Å². The Morgan fingerprint density at radius 1 is 1.40 bits per heavy atom. The second-order valence-electron chi connectivity index (χ2n) is 5.49. The van der Waals surface area contributed by atoms with Crippen LogP contribution in [-0.2, 0) is 22.7 Å². The number of alkyl halides is 3. The average Bonchev–Trinajstić information content (AvgIpc) is 2.74. The van der Waals surface area contributed by atoms with Gasteiger partial charge in [0.1, 0.15) is 0 Å². The molecule has 0 aromatic rings. The topological polar surface area (TPSA) is 54.0 Å². The van der Waals surface area contributed by atoms with Gasteiger partial charge in [-0.1, -0.05) is 0 Å². The first kappa shape index (κ1) is 24.9. The Labute approximate surface area is 178 Å². The molecular weight excluding hydrogens is 498 g/mol. The van der Waals surface area contributed by atoms with Crippen molar-refractivity contribution >= 4 is 89.1 Å². The average molecular weight is 515 g/mol. The SMILES string of the molecule is [B]C1CC(C)C(C(=C)OP(=O)(OCC(Cl)(Cl)Cl)OP(Cl)(Cl)(Cl)CC)O1. The molecule has 0 aliphatic carbocycles. The van der Waals surface area contributed by atoms with Crippen molar-refractivity contribution in [3.05, 3.63) is 12.3 Å². The molecule has 2 radical (unpaired) electrons. The Bertz CT molecular complexity index is 551. The molecule has 1 saturated heterocycles. The predicted molar refractivity (Wildman–Crippen MR) is 108 cm³/mol.